The zero-order valence-corrected chi connectivity index (χ0v) is 16.4. The summed E-state index contributed by atoms with van der Waals surface area (Å²) in [5.74, 6) is -0.428. The van der Waals surface area contributed by atoms with Gasteiger partial charge < -0.3 is 21.3 Å². The molecule has 25 heavy (non-hydrogen) atoms. The Bertz CT molecular complexity index is 606. The van der Waals surface area contributed by atoms with Crippen LogP contribution < -0.4 is 16.4 Å². The SMILES string of the molecule is CCNC(=NCc1cc(F)ccc1F)NC1CCN(C(N)=O)CC1.I. The minimum absolute atomic E-state index is 0. The third-order valence-corrected chi connectivity index (χ3v) is 3.91. The number of aliphatic imine (C=N–C) groups is 1. The average molecular weight is 467 g/mol. The molecule has 0 atom stereocenters. The Balaban J connectivity index is 0.00000312. The molecule has 1 aromatic rings. The molecule has 0 spiro atoms. The van der Waals surface area contributed by atoms with Crippen molar-refractivity contribution in [2.75, 3.05) is 19.6 Å². The molecule has 4 N–H and O–H groups in total. The lowest BCUT2D eigenvalue weighted by atomic mass is 10.1. The Morgan fingerprint density at radius 2 is 2.04 bits per heavy atom. The first kappa shape index (κ1) is 21.4. The van der Waals surface area contributed by atoms with Gasteiger partial charge in [-0.25, -0.2) is 18.6 Å². The lowest BCUT2D eigenvalue weighted by Crippen LogP contribution is -2.50. The molecule has 0 bridgehead atoms. The minimum Gasteiger partial charge on any atom is -0.357 e. The summed E-state index contributed by atoms with van der Waals surface area (Å²) in [6.45, 7) is 3.79. The molecule has 0 unspecified atom stereocenters. The van der Waals surface area contributed by atoms with Crippen LogP contribution in [0.2, 0.25) is 0 Å². The highest BCUT2D eigenvalue weighted by Gasteiger charge is 2.21. The van der Waals surface area contributed by atoms with E-state index in [0.29, 0.717) is 25.6 Å². The number of piperidine rings is 1. The van der Waals surface area contributed by atoms with Crippen LogP contribution in [0.5, 0.6) is 0 Å². The molecule has 9 heteroatoms. The van der Waals surface area contributed by atoms with Crippen LogP contribution in [-0.2, 0) is 6.54 Å². The predicted octanol–water partition coefficient (Wildman–Crippen LogP) is 2.18. The normalized spacial score (nSPS) is 15.5. The Morgan fingerprint density at radius 1 is 1.36 bits per heavy atom. The molecule has 1 heterocycles. The monoisotopic (exact) mass is 467 g/mol. The number of amides is 2. The maximum absolute atomic E-state index is 13.7. The number of primary amides is 1. The standard InChI is InChI=1S/C16H23F2N5O.HI/c1-2-20-16(21-10-11-9-12(17)3-4-14(11)18)22-13-5-7-23(8-6-13)15(19)24;/h3-4,9,13H,2,5-8,10H2,1H3,(H2,19,24)(H2,20,21,22);1H. The largest absolute Gasteiger partial charge is 0.357 e. The lowest BCUT2D eigenvalue weighted by Gasteiger charge is -2.32. The van der Waals surface area contributed by atoms with E-state index in [9.17, 15) is 13.6 Å². The highest BCUT2D eigenvalue weighted by Crippen LogP contribution is 2.12. The van der Waals surface area contributed by atoms with E-state index in [1.54, 1.807) is 4.90 Å². The molecule has 0 aromatic heterocycles. The van der Waals surface area contributed by atoms with Crippen LogP contribution in [0.1, 0.15) is 25.3 Å². The van der Waals surface area contributed by atoms with Gasteiger partial charge in [0.1, 0.15) is 11.6 Å². The second kappa shape index (κ2) is 10.4. The number of halogens is 3. The Morgan fingerprint density at radius 3 is 2.64 bits per heavy atom. The maximum Gasteiger partial charge on any atom is 0.314 e. The summed E-state index contributed by atoms with van der Waals surface area (Å²) in [4.78, 5) is 17.0. The number of urea groups is 1. The number of hydrogen-bond donors (Lipinski definition) is 3. The quantitative estimate of drug-likeness (QED) is 0.361. The molecule has 1 fully saturated rings. The summed E-state index contributed by atoms with van der Waals surface area (Å²) >= 11 is 0. The van der Waals surface area contributed by atoms with Crippen molar-refractivity contribution in [3.63, 3.8) is 0 Å². The maximum atomic E-state index is 13.7. The van der Waals surface area contributed by atoms with Crippen molar-refractivity contribution in [2.45, 2.75) is 32.4 Å². The van der Waals surface area contributed by atoms with Crippen molar-refractivity contribution in [2.24, 2.45) is 10.7 Å². The van der Waals surface area contributed by atoms with Crippen molar-refractivity contribution >= 4 is 36.0 Å². The first-order valence-corrected chi connectivity index (χ1v) is 8.02. The number of hydrogen-bond acceptors (Lipinski definition) is 2. The minimum atomic E-state index is -0.488. The average Bonchev–Trinajstić information content (AvgIpc) is 2.56. The van der Waals surface area contributed by atoms with E-state index >= 15 is 0 Å². The van der Waals surface area contributed by atoms with Crippen LogP contribution in [-0.4, -0.2) is 42.6 Å². The van der Waals surface area contributed by atoms with Gasteiger partial charge in [0.05, 0.1) is 6.54 Å². The second-order valence-corrected chi connectivity index (χ2v) is 5.67. The number of nitrogens with zero attached hydrogens (tertiary/aromatic N) is 2. The smallest absolute Gasteiger partial charge is 0.314 e. The summed E-state index contributed by atoms with van der Waals surface area (Å²) in [5.41, 5.74) is 5.47. The fraction of sp³-hybridized carbons (Fsp3) is 0.500. The molecule has 6 nitrogen and oxygen atoms in total. The van der Waals surface area contributed by atoms with Crippen LogP contribution in [0.25, 0.3) is 0 Å². The van der Waals surface area contributed by atoms with Gasteiger partial charge in [-0.15, -0.1) is 24.0 Å². The predicted molar refractivity (Wildman–Crippen MR) is 104 cm³/mol. The number of benzene rings is 1. The van der Waals surface area contributed by atoms with Gasteiger partial charge in [-0.3, -0.25) is 0 Å². The first-order valence-electron chi connectivity index (χ1n) is 8.02. The third-order valence-electron chi connectivity index (χ3n) is 3.91. The van der Waals surface area contributed by atoms with Crippen LogP contribution in [0.4, 0.5) is 13.6 Å². The van der Waals surface area contributed by atoms with E-state index in [0.717, 1.165) is 31.0 Å². The molecule has 1 saturated heterocycles. The van der Waals surface area contributed by atoms with E-state index in [4.69, 9.17) is 5.73 Å². The first-order chi connectivity index (χ1) is 11.5. The number of nitrogens with one attached hydrogen (secondary N) is 2. The molecule has 0 radical (unpaired) electrons. The number of carbonyl (C=O) groups excluding carboxylic acids is 1. The van der Waals surface area contributed by atoms with E-state index in [1.165, 1.54) is 0 Å². The molecule has 1 aromatic carbocycles. The Hall–Kier alpha value is -1.65. The van der Waals surface area contributed by atoms with Crippen molar-refractivity contribution in [3.8, 4) is 0 Å². The lowest BCUT2D eigenvalue weighted by molar-refractivity contribution is 0.188. The van der Waals surface area contributed by atoms with Gasteiger partial charge in [-0.05, 0) is 38.0 Å². The van der Waals surface area contributed by atoms with Crippen LogP contribution in [0.15, 0.2) is 23.2 Å². The number of carbonyl (C=O) groups is 1. The van der Waals surface area contributed by atoms with E-state index < -0.39 is 17.7 Å². The summed E-state index contributed by atoms with van der Waals surface area (Å²) in [6, 6.07) is 3.07. The molecule has 1 aliphatic heterocycles. The molecule has 0 aliphatic carbocycles. The molecule has 2 rings (SSSR count). The fourth-order valence-electron chi connectivity index (χ4n) is 2.59. The van der Waals surface area contributed by atoms with E-state index in [-0.39, 0.29) is 42.1 Å². The van der Waals surface area contributed by atoms with Crippen molar-refractivity contribution < 1.29 is 13.6 Å². The Kier molecular flexibility index (Phi) is 8.87. The highest BCUT2D eigenvalue weighted by atomic mass is 127. The van der Waals surface area contributed by atoms with Gasteiger partial charge in [-0.2, -0.15) is 0 Å². The summed E-state index contributed by atoms with van der Waals surface area (Å²) in [6.07, 6.45) is 1.50. The van der Waals surface area contributed by atoms with Gasteiger partial charge in [-0.1, -0.05) is 0 Å². The van der Waals surface area contributed by atoms with E-state index in [1.807, 2.05) is 6.92 Å². The summed E-state index contributed by atoms with van der Waals surface area (Å²) in [5, 5.41) is 6.35. The number of nitrogens with two attached hydrogens (primary N) is 1. The van der Waals surface area contributed by atoms with Gasteiger partial charge in [0.2, 0.25) is 0 Å². The number of rotatable bonds is 4. The fourth-order valence-corrected chi connectivity index (χ4v) is 2.59. The molecule has 0 saturated carbocycles. The summed E-state index contributed by atoms with van der Waals surface area (Å²) in [7, 11) is 0. The second-order valence-electron chi connectivity index (χ2n) is 5.67. The van der Waals surface area contributed by atoms with Crippen molar-refractivity contribution in [1.82, 2.24) is 15.5 Å². The van der Waals surface area contributed by atoms with Gasteiger partial charge >= 0.3 is 6.03 Å². The van der Waals surface area contributed by atoms with Crippen LogP contribution in [0, 0.1) is 11.6 Å². The third kappa shape index (κ3) is 6.63. The zero-order valence-electron chi connectivity index (χ0n) is 14.1. The number of likely N-dealkylation sites (tertiary alicyclic amines) is 1. The topological polar surface area (TPSA) is 82.8 Å². The van der Waals surface area contributed by atoms with E-state index in [2.05, 4.69) is 15.6 Å². The highest BCUT2D eigenvalue weighted by molar-refractivity contribution is 14.0. The molecular formula is C16H24F2IN5O. The molecule has 1 aliphatic rings. The molecular weight excluding hydrogens is 443 g/mol. The molecule has 140 valence electrons. The molecule has 2 amide bonds. The van der Waals surface area contributed by atoms with Gasteiger partial charge in [0.25, 0.3) is 0 Å². The summed E-state index contributed by atoms with van der Waals surface area (Å²) < 4.78 is 26.9. The Labute approximate surface area is 163 Å². The van der Waals surface area contributed by atoms with Crippen LogP contribution in [0.3, 0.4) is 0 Å². The van der Waals surface area contributed by atoms with Gasteiger partial charge in [0.15, 0.2) is 5.96 Å². The van der Waals surface area contributed by atoms with Crippen LogP contribution >= 0.6 is 24.0 Å². The van der Waals surface area contributed by atoms with Crippen molar-refractivity contribution in [1.29, 1.82) is 0 Å². The number of guanidine groups is 1. The zero-order chi connectivity index (χ0) is 17.5. The van der Waals surface area contributed by atoms with Gasteiger partial charge in [0, 0.05) is 31.2 Å². The van der Waals surface area contributed by atoms with Crippen molar-refractivity contribution in [3.05, 3.63) is 35.4 Å².